The van der Waals surface area contributed by atoms with Crippen molar-refractivity contribution in [2.24, 2.45) is 0 Å². The van der Waals surface area contributed by atoms with E-state index in [4.69, 9.17) is 14.0 Å². The van der Waals surface area contributed by atoms with Crippen LogP contribution in [-0.2, 0) is 14.0 Å². The van der Waals surface area contributed by atoms with Gasteiger partial charge in [-0.15, -0.1) is 0 Å². The fraction of sp³-hybridized carbons (Fsp3) is 0.300. The molecule has 1 heterocycles. The van der Waals surface area contributed by atoms with Gasteiger partial charge in [0.05, 0.1) is 0 Å². The van der Waals surface area contributed by atoms with Crippen molar-refractivity contribution in [1.29, 1.82) is 0 Å². The van der Waals surface area contributed by atoms with Crippen LogP contribution < -0.4 is 4.52 Å². The first kappa shape index (κ1) is 11.0. The second kappa shape index (κ2) is 4.58. The second-order valence-corrected chi connectivity index (χ2v) is 4.76. The molecule has 1 aliphatic rings. The van der Waals surface area contributed by atoms with Crippen LogP contribution in [0.1, 0.15) is 6.92 Å². The lowest BCUT2D eigenvalue weighted by Gasteiger charge is -2.12. The molecule has 0 bridgehead atoms. The molecule has 0 aliphatic carbocycles. The van der Waals surface area contributed by atoms with E-state index in [2.05, 4.69) is 0 Å². The van der Waals surface area contributed by atoms with Crippen molar-refractivity contribution < 1.29 is 23.4 Å². The molecule has 86 valence electrons. The van der Waals surface area contributed by atoms with Gasteiger partial charge in [-0.25, -0.2) is 4.79 Å². The van der Waals surface area contributed by atoms with Gasteiger partial charge in [0.1, 0.15) is 11.9 Å². The van der Waals surface area contributed by atoms with Crippen molar-refractivity contribution in [3.63, 3.8) is 0 Å². The minimum absolute atomic E-state index is 0.488. The number of para-hydroxylation sites is 1. The van der Waals surface area contributed by atoms with E-state index in [-0.39, 0.29) is 0 Å². The normalized spacial score (nSPS) is 25.7. The quantitative estimate of drug-likeness (QED) is 0.601. The zero-order chi connectivity index (χ0) is 11.5. The summed E-state index contributed by atoms with van der Waals surface area (Å²) >= 11 is 0. The molecule has 1 aliphatic heterocycles. The summed E-state index contributed by atoms with van der Waals surface area (Å²) in [5.74, 6) is -0.320. The third-order valence-electron chi connectivity index (χ3n) is 2.13. The summed E-state index contributed by atoms with van der Waals surface area (Å²) < 4.78 is 26.5. The standard InChI is InChI=1S/C10H11O5P/c1-7-9(14-10(11)13-7)16(12)15-8-5-3-2-4-6-8/h2-7,9,16H,1H3. The average Bonchev–Trinajstić information content (AvgIpc) is 2.59. The number of carbonyl (C=O) groups is 1. The van der Waals surface area contributed by atoms with Crippen molar-refractivity contribution in [2.45, 2.75) is 18.9 Å². The van der Waals surface area contributed by atoms with Gasteiger partial charge in [-0.1, -0.05) is 18.2 Å². The Balaban J connectivity index is 2.01. The number of hydrogen-bond donors (Lipinski definition) is 0. The van der Waals surface area contributed by atoms with Gasteiger partial charge in [-0.2, -0.15) is 0 Å². The first-order valence-electron chi connectivity index (χ1n) is 4.81. The van der Waals surface area contributed by atoms with Crippen LogP contribution in [0.3, 0.4) is 0 Å². The molecule has 1 aromatic carbocycles. The average molecular weight is 242 g/mol. The maximum Gasteiger partial charge on any atom is 0.509 e. The molecule has 6 heteroatoms. The third kappa shape index (κ3) is 2.36. The predicted molar refractivity (Wildman–Crippen MR) is 56.9 cm³/mol. The number of cyclic esters (lactones) is 2. The molecule has 5 nitrogen and oxygen atoms in total. The Morgan fingerprint density at radius 1 is 1.25 bits per heavy atom. The number of benzene rings is 1. The highest BCUT2D eigenvalue weighted by molar-refractivity contribution is 7.40. The van der Waals surface area contributed by atoms with Gasteiger partial charge in [-0.05, 0) is 19.1 Å². The molecular weight excluding hydrogens is 231 g/mol. The van der Waals surface area contributed by atoms with Crippen LogP contribution in [0.25, 0.3) is 0 Å². The SMILES string of the molecule is CC1OC(=O)OC1[PH](=O)Oc1ccccc1. The van der Waals surface area contributed by atoms with Gasteiger partial charge in [0.25, 0.3) is 8.03 Å². The van der Waals surface area contributed by atoms with E-state index in [1.165, 1.54) is 0 Å². The summed E-state index contributed by atoms with van der Waals surface area (Å²) in [5, 5.41) is 0. The summed E-state index contributed by atoms with van der Waals surface area (Å²) in [7, 11) is -2.52. The van der Waals surface area contributed by atoms with E-state index in [1.807, 2.05) is 6.07 Å². The van der Waals surface area contributed by atoms with E-state index in [1.54, 1.807) is 31.2 Å². The van der Waals surface area contributed by atoms with Crippen LogP contribution in [0.2, 0.25) is 0 Å². The maximum absolute atomic E-state index is 11.8. The molecule has 2 rings (SSSR count). The monoisotopic (exact) mass is 242 g/mol. The minimum Gasteiger partial charge on any atom is -0.442 e. The van der Waals surface area contributed by atoms with Gasteiger partial charge in [-0.3, -0.25) is 4.57 Å². The molecule has 3 unspecified atom stereocenters. The second-order valence-electron chi connectivity index (χ2n) is 3.35. The van der Waals surface area contributed by atoms with Crippen LogP contribution in [0.4, 0.5) is 4.79 Å². The highest BCUT2D eigenvalue weighted by Crippen LogP contribution is 2.38. The Hall–Kier alpha value is -1.48. The fourth-order valence-corrected chi connectivity index (χ4v) is 2.47. The van der Waals surface area contributed by atoms with Crippen LogP contribution >= 0.6 is 8.03 Å². The Labute approximate surface area is 93.2 Å². The van der Waals surface area contributed by atoms with Gasteiger partial charge in [0.2, 0.25) is 5.85 Å². The lowest BCUT2D eigenvalue weighted by molar-refractivity contribution is 0.120. The molecule has 0 spiro atoms. The van der Waals surface area contributed by atoms with Gasteiger partial charge < -0.3 is 14.0 Å². The largest absolute Gasteiger partial charge is 0.509 e. The van der Waals surface area contributed by atoms with Crippen LogP contribution in [0.5, 0.6) is 5.75 Å². The summed E-state index contributed by atoms with van der Waals surface area (Å²) in [6.45, 7) is 1.62. The predicted octanol–water partition coefficient (Wildman–Crippen LogP) is 2.42. The molecule has 0 aromatic heterocycles. The molecule has 0 saturated carbocycles. The lowest BCUT2D eigenvalue weighted by Crippen LogP contribution is -2.16. The maximum atomic E-state index is 11.8. The Morgan fingerprint density at radius 2 is 1.94 bits per heavy atom. The first-order valence-corrected chi connectivity index (χ1v) is 6.20. The Bertz CT molecular complexity index is 405. The first-order chi connectivity index (χ1) is 7.66. The molecule has 0 radical (unpaired) electrons. The molecule has 16 heavy (non-hydrogen) atoms. The molecule has 0 amide bonds. The summed E-state index contributed by atoms with van der Waals surface area (Å²) in [6, 6.07) is 8.73. The molecule has 0 N–H and O–H groups in total. The van der Waals surface area contributed by atoms with Crippen molar-refractivity contribution >= 4 is 14.2 Å². The van der Waals surface area contributed by atoms with Gasteiger partial charge >= 0.3 is 6.16 Å². The topological polar surface area (TPSA) is 61.8 Å². The van der Waals surface area contributed by atoms with Crippen molar-refractivity contribution in [1.82, 2.24) is 0 Å². The molecule has 3 atom stereocenters. The zero-order valence-electron chi connectivity index (χ0n) is 8.58. The number of carbonyl (C=O) groups excluding carboxylic acids is 1. The van der Waals surface area contributed by atoms with E-state index in [0.717, 1.165) is 0 Å². The highest BCUT2D eigenvalue weighted by atomic mass is 31.1. The van der Waals surface area contributed by atoms with Crippen molar-refractivity contribution in [3.8, 4) is 5.75 Å². The van der Waals surface area contributed by atoms with Gasteiger partial charge in [0, 0.05) is 0 Å². The molecule has 1 saturated heterocycles. The van der Waals surface area contributed by atoms with E-state index in [9.17, 15) is 9.36 Å². The summed E-state index contributed by atoms with van der Waals surface area (Å²) in [6.07, 6.45) is -1.34. The summed E-state index contributed by atoms with van der Waals surface area (Å²) in [4.78, 5) is 10.8. The van der Waals surface area contributed by atoms with Crippen LogP contribution in [-0.4, -0.2) is 18.1 Å². The fourth-order valence-electron chi connectivity index (χ4n) is 1.34. The number of hydrogen-bond acceptors (Lipinski definition) is 5. The lowest BCUT2D eigenvalue weighted by atomic mass is 10.3. The zero-order valence-corrected chi connectivity index (χ0v) is 9.58. The highest BCUT2D eigenvalue weighted by Gasteiger charge is 2.38. The Kier molecular flexibility index (Phi) is 3.15. The van der Waals surface area contributed by atoms with Crippen LogP contribution in [0, 0.1) is 0 Å². The Morgan fingerprint density at radius 3 is 2.50 bits per heavy atom. The van der Waals surface area contributed by atoms with E-state index >= 15 is 0 Å². The van der Waals surface area contributed by atoms with Crippen molar-refractivity contribution in [3.05, 3.63) is 30.3 Å². The van der Waals surface area contributed by atoms with Crippen LogP contribution in [0.15, 0.2) is 30.3 Å². The molecule has 1 aromatic rings. The van der Waals surface area contributed by atoms with E-state index in [0.29, 0.717) is 5.75 Å². The molecular formula is C10H11O5P. The number of rotatable bonds is 3. The third-order valence-corrected chi connectivity index (χ3v) is 3.61. The molecule has 1 fully saturated rings. The smallest absolute Gasteiger partial charge is 0.442 e. The summed E-state index contributed by atoms with van der Waals surface area (Å²) in [5.41, 5.74) is 0. The van der Waals surface area contributed by atoms with Crippen molar-refractivity contribution in [2.75, 3.05) is 0 Å². The van der Waals surface area contributed by atoms with Gasteiger partial charge in [0.15, 0.2) is 0 Å². The minimum atomic E-state index is -2.52. The van der Waals surface area contributed by atoms with E-state index < -0.39 is 26.1 Å². The number of ether oxygens (including phenoxy) is 2.